The maximum atomic E-state index is 11.2. The molecule has 2 rings (SSSR count). The van der Waals surface area contributed by atoms with E-state index in [2.05, 4.69) is 4.98 Å². The minimum atomic E-state index is -0.149. The standard InChI is InChI=1S/C12H10ClNO2/c1-16-8-5-6-9(10(13)7-8)11-3-2-4-12(15)14-11/h2-7H,1H3,(H,14,15). The summed E-state index contributed by atoms with van der Waals surface area (Å²) in [6.45, 7) is 0. The van der Waals surface area contributed by atoms with Gasteiger partial charge in [-0.3, -0.25) is 4.79 Å². The Kier molecular flexibility index (Phi) is 2.97. The Labute approximate surface area is 97.7 Å². The zero-order valence-electron chi connectivity index (χ0n) is 8.66. The molecule has 3 nitrogen and oxygen atoms in total. The summed E-state index contributed by atoms with van der Waals surface area (Å²) in [5, 5.41) is 0.543. The molecule has 0 aliphatic carbocycles. The first-order chi connectivity index (χ1) is 7.70. The summed E-state index contributed by atoms with van der Waals surface area (Å²) >= 11 is 6.09. The predicted molar refractivity (Wildman–Crippen MR) is 64.1 cm³/mol. The molecule has 1 heterocycles. The van der Waals surface area contributed by atoms with Crippen LogP contribution in [-0.4, -0.2) is 12.1 Å². The van der Waals surface area contributed by atoms with Crippen molar-refractivity contribution >= 4 is 11.6 Å². The molecule has 0 saturated carbocycles. The van der Waals surface area contributed by atoms with Crippen molar-refractivity contribution in [2.75, 3.05) is 7.11 Å². The number of aromatic amines is 1. The summed E-state index contributed by atoms with van der Waals surface area (Å²) in [4.78, 5) is 13.9. The molecule has 0 aliphatic rings. The molecule has 0 saturated heterocycles. The van der Waals surface area contributed by atoms with E-state index in [-0.39, 0.29) is 5.56 Å². The third-order valence-electron chi connectivity index (χ3n) is 2.23. The van der Waals surface area contributed by atoms with Crippen molar-refractivity contribution in [2.45, 2.75) is 0 Å². The van der Waals surface area contributed by atoms with Crippen molar-refractivity contribution in [3.63, 3.8) is 0 Å². The van der Waals surface area contributed by atoms with Crippen LogP contribution in [0.5, 0.6) is 5.75 Å². The Hall–Kier alpha value is -1.74. The van der Waals surface area contributed by atoms with Gasteiger partial charge in [-0.25, -0.2) is 0 Å². The molecule has 2 aromatic rings. The summed E-state index contributed by atoms with van der Waals surface area (Å²) in [6.07, 6.45) is 0. The fraction of sp³-hybridized carbons (Fsp3) is 0.0833. The van der Waals surface area contributed by atoms with Crippen molar-refractivity contribution in [1.29, 1.82) is 0 Å². The van der Waals surface area contributed by atoms with Crippen LogP contribution in [0.3, 0.4) is 0 Å². The minimum absolute atomic E-state index is 0.149. The van der Waals surface area contributed by atoms with Crippen LogP contribution in [0.15, 0.2) is 41.2 Å². The smallest absolute Gasteiger partial charge is 0.248 e. The van der Waals surface area contributed by atoms with E-state index in [0.29, 0.717) is 16.5 Å². The van der Waals surface area contributed by atoms with Crippen LogP contribution in [0.25, 0.3) is 11.3 Å². The van der Waals surface area contributed by atoms with E-state index in [1.807, 2.05) is 6.07 Å². The van der Waals surface area contributed by atoms with Crippen LogP contribution in [0.2, 0.25) is 5.02 Å². The summed E-state index contributed by atoms with van der Waals surface area (Å²) in [5.41, 5.74) is 1.32. The lowest BCUT2D eigenvalue weighted by Gasteiger charge is -2.06. The molecule has 1 aromatic carbocycles. The molecular formula is C12H10ClNO2. The van der Waals surface area contributed by atoms with Gasteiger partial charge in [-0.2, -0.15) is 0 Å². The Bertz CT molecular complexity index is 563. The van der Waals surface area contributed by atoms with Gasteiger partial charge in [0.1, 0.15) is 5.75 Å². The lowest BCUT2D eigenvalue weighted by atomic mass is 10.1. The van der Waals surface area contributed by atoms with Crippen LogP contribution in [0.1, 0.15) is 0 Å². The molecule has 82 valence electrons. The Balaban J connectivity index is 2.52. The van der Waals surface area contributed by atoms with E-state index in [1.54, 1.807) is 31.4 Å². The second-order valence-corrected chi connectivity index (χ2v) is 3.68. The van der Waals surface area contributed by atoms with Crippen molar-refractivity contribution in [3.8, 4) is 17.0 Å². The van der Waals surface area contributed by atoms with E-state index < -0.39 is 0 Å². The first kappa shape index (κ1) is 10.8. The number of rotatable bonds is 2. The van der Waals surface area contributed by atoms with Crippen molar-refractivity contribution in [2.24, 2.45) is 0 Å². The fourth-order valence-electron chi connectivity index (χ4n) is 1.45. The van der Waals surface area contributed by atoms with Crippen LogP contribution in [-0.2, 0) is 0 Å². The molecule has 0 aliphatic heterocycles. The predicted octanol–water partition coefficient (Wildman–Crippen LogP) is 2.70. The van der Waals surface area contributed by atoms with Crippen LogP contribution in [0, 0.1) is 0 Å². The van der Waals surface area contributed by atoms with E-state index in [0.717, 1.165) is 5.56 Å². The molecule has 1 N–H and O–H groups in total. The van der Waals surface area contributed by atoms with Crippen LogP contribution < -0.4 is 10.3 Å². The average molecular weight is 236 g/mol. The quantitative estimate of drug-likeness (QED) is 0.870. The number of nitrogens with one attached hydrogen (secondary N) is 1. The molecule has 1 aromatic heterocycles. The molecule has 0 unspecified atom stereocenters. The highest BCUT2D eigenvalue weighted by atomic mass is 35.5. The molecule has 0 bridgehead atoms. The number of pyridine rings is 1. The van der Waals surface area contributed by atoms with Crippen molar-refractivity contribution < 1.29 is 4.74 Å². The zero-order chi connectivity index (χ0) is 11.5. The first-order valence-electron chi connectivity index (χ1n) is 4.74. The van der Waals surface area contributed by atoms with Gasteiger partial charge in [-0.05, 0) is 24.3 Å². The largest absolute Gasteiger partial charge is 0.497 e. The summed E-state index contributed by atoms with van der Waals surface area (Å²) in [6, 6.07) is 10.3. The number of H-pyrrole nitrogens is 1. The van der Waals surface area contributed by atoms with Gasteiger partial charge in [-0.1, -0.05) is 17.7 Å². The van der Waals surface area contributed by atoms with E-state index >= 15 is 0 Å². The SMILES string of the molecule is COc1ccc(-c2cccc(=O)[nH]2)c(Cl)c1. The first-order valence-corrected chi connectivity index (χ1v) is 5.12. The number of hydrogen-bond acceptors (Lipinski definition) is 2. The van der Waals surface area contributed by atoms with Crippen molar-refractivity contribution in [3.05, 3.63) is 51.8 Å². The van der Waals surface area contributed by atoms with Crippen LogP contribution >= 0.6 is 11.6 Å². The number of aromatic nitrogens is 1. The normalized spacial score (nSPS) is 10.1. The monoisotopic (exact) mass is 235 g/mol. The lowest BCUT2D eigenvalue weighted by Crippen LogP contribution is -2.03. The average Bonchev–Trinajstić information content (AvgIpc) is 2.28. The molecule has 0 atom stereocenters. The summed E-state index contributed by atoms with van der Waals surface area (Å²) < 4.78 is 5.05. The summed E-state index contributed by atoms with van der Waals surface area (Å²) in [7, 11) is 1.58. The van der Waals surface area contributed by atoms with Gasteiger partial charge in [0, 0.05) is 17.3 Å². The Morgan fingerprint density at radius 2 is 2.06 bits per heavy atom. The number of halogens is 1. The molecule has 0 radical (unpaired) electrons. The molecule has 4 heteroatoms. The number of methoxy groups -OCH3 is 1. The van der Waals surface area contributed by atoms with Gasteiger partial charge < -0.3 is 9.72 Å². The topological polar surface area (TPSA) is 42.1 Å². The maximum Gasteiger partial charge on any atom is 0.248 e. The van der Waals surface area contributed by atoms with Gasteiger partial charge in [-0.15, -0.1) is 0 Å². The van der Waals surface area contributed by atoms with E-state index in [9.17, 15) is 4.79 Å². The Morgan fingerprint density at radius 3 is 2.69 bits per heavy atom. The van der Waals surface area contributed by atoms with Gasteiger partial charge >= 0.3 is 0 Å². The second-order valence-electron chi connectivity index (χ2n) is 3.27. The second kappa shape index (κ2) is 4.41. The number of benzene rings is 1. The summed E-state index contributed by atoms with van der Waals surface area (Å²) in [5.74, 6) is 0.687. The van der Waals surface area contributed by atoms with Gasteiger partial charge in [0.05, 0.1) is 12.1 Å². The van der Waals surface area contributed by atoms with Crippen molar-refractivity contribution in [1.82, 2.24) is 4.98 Å². The lowest BCUT2D eigenvalue weighted by molar-refractivity contribution is 0.415. The van der Waals surface area contributed by atoms with E-state index in [1.165, 1.54) is 6.07 Å². The van der Waals surface area contributed by atoms with Crippen LogP contribution in [0.4, 0.5) is 0 Å². The third-order valence-corrected chi connectivity index (χ3v) is 2.55. The molecule has 16 heavy (non-hydrogen) atoms. The molecule has 0 spiro atoms. The minimum Gasteiger partial charge on any atom is -0.497 e. The number of hydrogen-bond donors (Lipinski definition) is 1. The Morgan fingerprint density at radius 1 is 1.25 bits per heavy atom. The highest BCUT2D eigenvalue weighted by molar-refractivity contribution is 6.33. The highest BCUT2D eigenvalue weighted by Crippen LogP contribution is 2.29. The zero-order valence-corrected chi connectivity index (χ0v) is 9.41. The van der Waals surface area contributed by atoms with E-state index in [4.69, 9.17) is 16.3 Å². The molecular weight excluding hydrogens is 226 g/mol. The number of ether oxygens (including phenoxy) is 1. The van der Waals surface area contributed by atoms with Gasteiger partial charge in [0.15, 0.2) is 0 Å². The molecule has 0 amide bonds. The third kappa shape index (κ3) is 2.09. The molecule has 0 fully saturated rings. The highest BCUT2D eigenvalue weighted by Gasteiger charge is 2.05. The maximum absolute atomic E-state index is 11.2. The van der Waals surface area contributed by atoms with Gasteiger partial charge in [0.2, 0.25) is 5.56 Å². The van der Waals surface area contributed by atoms with Gasteiger partial charge in [0.25, 0.3) is 0 Å². The fourth-order valence-corrected chi connectivity index (χ4v) is 1.72.